The number of nitrogens with zero attached hydrogens (tertiary/aromatic N) is 1. The van der Waals surface area contributed by atoms with Crippen molar-refractivity contribution in [3.63, 3.8) is 0 Å². The summed E-state index contributed by atoms with van der Waals surface area (Å²) in [6, 6.07) is 16.0. The van der Waals surface area contributed by atoms with E-state index in [4.69, 9.17) is 10.5 Å². The third-order valence-electron chi connectivity index (χ3n) is 3.20. The fraction of sp³-hybridized carbons (Fsp3) is 0.250. The number of rotatable bonds is 4. The molecule has 3 heteroatoms. The first-order valence-electron chi connectivity index (χ1n) is 6.28. The van der Waals surface area contributed by atoms with Gasteiger partial charge in [-0.05, 0) is 35.4 Å². The van der Waals surface area contributed by atoms with Gasteiger partial charge in [0.15, 0.2) is 0 Å². The van der Waals surface area contributed by atoms with E-state index in [0.29, 0.717) is 0 Å². The number of anilines is 1. The van der Waals surface area contributed by atoms with E-state index in [9.17, 15) is 0 Å². The summed E-state index contributed by atoms with van der Waals surface area (Å²) in [4.78, 5) is 2.07. The van der Waals surface area contributed by atoms with Gasteiger partial charge >= 0.3 is 0 Å². The van der Waals surface area contributed by atoms with E-state index >= 15 is 0 Å². The fourth-order valence-electron chi connectivity index (χ4n) is 2.02. The van der Waals surface area contributed by atoms with Crippen molar-refractivity contribution in [2.75, 3.05) is 26.1 Å². The molecule has 0 heterocycles. The molecule has 100 valence electrons. The Kier molecular flexibility index (Phi) is 4.07. The predicted octanol–water partition coefficient (Wildman–Crippen LogP) is 2.81. The summed E-state index contributed by atoms with van der Waals surface area (Å²) >= 11 is 0. The van der Waals surface area contributed by atoms with Gasteiger partial charge in [-0.2, -0.15) is 0 Å². The maximum atomic E-state index is 6.33. The first-order valence-corrected chi connectivity index (χ1v) is 6.28. The summed E-state index contributed by atoms with van der Waals surface area (Å²) in [6.07, 6.45) is 0. The topological polar surface area (TPSA) is 38.5 Å². The van der Waals surface area contributed by atoms with Crippen LogP contribution < -0.4 is 15.4 Å². The number of methoxy groups -OCH3 is 1. The molecule has 0 fully saturated rings. The van der Waals surface area contributed by atoms with E-state index in [-0.39, 0.29) is 6.04 Å². The van der Waals surface area contributed by atoms with Crippen molar-refractivity contribution in [1.82, 2.24) is 0 Å². The highest BCUT2D eigenvalue weighted by atomic mass is 16.5. The molecule has 3 nitrogen and oxygen atoms in total. The van der Waals surface area contributed by atoms with Crippen LogP contribution in [0.1, 0.15) is 17.2 Å². The summed E-state index contributed by atoms with van der Waals surface area (Å²) in [5.74, 6) is 0.830. The maximum absolute atomic E-state index is 6.33. The molecular weight excluding hydrogens is 236 g/mol. The highest BCUT2D eigenvalue weighted by Crippen LogP contribution is 2.25. The summed E-state index contributed by atoms with van der Waals surface area (Å²) in [5.41, 5.74) is 9.63. The van der Waals surface area contributed by atoms with E-state index < -0.39 is 0 Å². The molecule has 0 aliphatic rings. The molecule has 2 aromatic rings. The van der Waals surface area contributed by atoms with Gasteiger partial charge in [0.25, 0.3) is 0 Å². The third kappa shape index (κ3) is 3.06. The quantitative estimate of drug-likeness (QED) is 0.914. The van der Waals surface area contributed by atoms with Gasteiger partial charge in [-0.1, -0.05) is 24.3 Å². The molecule has 0 radical (unpaired) electrons. The SMILES string of the molecule is COc1cccc(C(N)c2cccc(N(C)C)c2)c1. The van der Waals surface area contributed by atoms with E-state index in [1.807, 2.05) is 44.4 Å². The van der Waals surface area contributed by atoms with Crippen molar-refractivity contribution in [2.24, 2.45) is 5.73 Å². The van der Waals surface area contributed by atoms with Gasteiger partial charge in [-0.15, -0.1) is 0 Å². The summed E-state index contributed by atoms with van der Waals surface area (Å²) in [7, 11) is 5.71. The van der Waals surface area contributed by atoms with Crippen LogP contribution in [0, 0.1) is 0 Å². The molecular formula is C16H20N2O. The highest BCUT2D eigenvalue weighted by Gasteiger charge is 2.10. The Morgan fingerprint density at radius 2 is 1.63 bits per heavy atom. The number of hydrogen-bond acceptors (Lipinski definition) is 3. The van der Waals surface area contributed by atoms with Gasteiger partial charge in [0.2, 0.25) is 0 Å². The Hall–Kier alpha value is -2.00. The zero-order valence-corrected chi connectivity index (χ0v) is 11.6. The van der Waals surface area contributed by atoms with Gasteiger partial charge in [0.05, 0.1) is 13.2 Å². The molecule has 0 aliphatic heterocycles. The fourth-order valence-corrected chi connectivity index (χ4v) is 2.02. The zero-order chi connectivity index (χ0) is 13.8. The van der Waals surface area contributed by atoms with Crippen LogP contribution >= 0.6 is 0 Å². The van der Waals surface area contributed by atoms with Crippen molar-refractivity contribution in [1.29, 1.82) is 0 Å². The van der Waals surface area contributed by atoms with Crippen LogP contribution in [0.2, 0.25) is 0 Å². The molecule has 2 rings (SSSR count). The monoisotopic (exact) mass is 256 g/mol. The molecule has 19 heavy (non-hydrogen) atoms. The van der Waals surface area contributed by atoms with Gasteiger partial charge in [0.1, 0.15) is 5.75 Å². The molecule has 0 amide bonds. The van der Waals surface area contributed by atoms with E-state index in [0.717, 1.165) is 22.6 Å². The largest absolute Gasteiger partial charge is 0.497 e. The molecule has 0 bridgehead atoms. The Morgan fingerprint density at radius 3 is 2.26 bits per heavy atom. The smallest absolute Gasteiger partial charge is 0.119 e. The zero-order valence-electron chi connectivity index (χ0n) is 11.6. The molecule has 1 atom stereocenters. The lowest BCUT2D eigenvalue weighted by Crippen LogP contribution is -2.14. The van der Waals surface area contributed by atoms with Crippen molar-refractivity contribution in [3.05, 3.63) is 59.7 Å². The van der Waals surface area contributed by atoms with E-state index in [1.165, 1.54) is 0 Å². The number of hydrogen-bond donors (Lipinski definition) is 1. The molecule has 0 saturated carbocycles. The predicted molar refractivity (Wildman–Crippen MR) is 79.8 cm³/mol. The standard InChI is InChI=1S/C16H20N2O/c1-18(2)14-8-4-6-12(10-14)16(17)13-7-5-9-15(11-13)19-3/h4-11,16H,17H2,1-3H3. The lowest BCUT2D eigenvalue weighted by atomic mass is 9.99. The second kappa shape index (κ2) is 5.76. The number of ether oxygens (including phenoxy) is 1. The average molecular weight is 256 g/mol. The average Bonchev–Trinajstić information content (AvgIpc) is 2.46. The molecule has 0 aromatic heterocycles. The maximum Gasteiger partial charge on any atom is 0.119 e. The Bertz CT molecular complexity index is 552. The van der Waals surface area contributed by atoms with Gasteiger partial charge in [-0.3, -0.25) is 0 Å². The molecule has 0 aliphatic carbocycles. The van der Waals surface area contributed by atoms with Crippen LogP contribution in [0.25, 0.3) is 0 Å². The summed E-state index contributed by atoms with van der Waals surface area (Å²) in [6.45, 7) is 0. The van der Waals surface area contributed by atoms with Crippen LogP contribution in [-0.2, 0) is 0 Å². The van der Waals surface area contributed by atoms with E-state index in [2.05, 4.69) is 23.1 Å². The van der Waals surface area contributed by atoms with Crippen molar-refractivity contribution in [3.8, 4) is 5.75 Å². The Balaban J connectivity index is 2.32. The normalized spacial score (nSPS) is 12.0. The lowest BCUT2D eigenvalue weighted by molar-refractivity contribution is 0.414. The minimum atomic E-state index is -0.144. The molecule has 2 aromatic carbocycles. The second-order valence-corrected chi connectivity index (χ2v) is 4.74. The Morgan fingerprint density at radius 1 is 1.00 bits per heavy atom. The van der Waals surface area contributed by atoms with Crippen LogP contribution in [0.3, 0.4) is 0 Å². The molecule has 1 unspecified atom stereocenters. The minimum absolute atomic E-state index is 0.144. The van der Waals surface area contributed by atoms with Crippen molar-refractivity contribution >= 4 is 5.69 Å². The summed E-state index contributed by atoms with van der Waals surface area (Å²) < 4.78 is 5.24. The number of nitrogens with two attached hydrogens (primary N) is 1. The van der Waals surface area contributed by atoms with Crippen molar-refractivity contribution < 1.29 is 4.74 Å². The third-order valence-corrected chi connectivity index (χ3v) is 3.20. The first kappa shape index (κ1) is 13.4. The number of benzene rings is 2. The van der Waals surface area contributed by atoms with Crippen LogP contribution in [0.5, 0.6) is 5.75 Å². The molecule has 0 saturated heterocycles. The molecule has 0 spiro atoms. The molecule has 2 N–H and O–H groups in total. The Labute approximate surface area is 114 Å². The van der Waals surface area contributed by atoms with Gasteiger partial charge < -0.3 is 15.4 Å². The highest BCUT2D eigenvalue weighted by molar-refractivity contribution is 5.49. The van der Waals surface area contributed by atoms with Crippen molar-refractivity contribution in [2.45, 2.75) is 6.04 Å². The minimum Gasteiger partial charge on any atom is -0.497 e. The second-order valence-electron chi connectivity index (χ2n) is 4.74. The lowest BCUT2D eigenvalue weighted by Gasteiger charge is -2.17. The van der Waals surface area contributed by atoms with Crippen LogP contribution in [-0.4, -0.2) is 21.2 Å². The van der Waals surface area contributed by atoms with Gasteiger partial charge in [-0.25, -0.2) is 0 Å². The summed E-state index contributed by atoms with van der Waals surface area (Å²) in [5, 5.41) is 0. The van der Waals surface area contributed by atoms with E-state index in [1.54, 1.807) is 7.11 Å². The van der Waals surface area contributed by atoms with Gasteiger partial charge in [0, 0.05) is 19.8 Å². The van der Waals surface area contributed by atoms with Crippen LogP contribution in [0.4, 0.5) is 5.69 Å². The first-order chi connectivity index (χ1) is 9.11. The van der Waals surface area contributed by atoms with Crippen LogP contribution in [0.15, 0.2) is 48.5 Å².